The van der Waals surface area contributed by atoms with Gasteiger partial charge in [-0.25, -0.2) is 0 Å². The van der Waals surface area contributed by atoms with E-state index < -0.39 is 0 Å². The van der Waals surface area contributed by atoms with Gasteiger partial charge >= 0.3 is 0 Å². The van der Waals surface area contributed by atoms with Gasteiger partial charge in [-0.3, -0.25) is 0 Å². The third kappa shape index (κ3) is 4.18. The second-order valence-corrected chi connectivity index (χ2v) is 7.81. The molecule has 0 aliphatic heterocycles. The summed E-state index contributed by atoms with van der Waals surface area (Å²) >= 11 is 5.31. The first-order chi connectivity index (χ1) is 9.60. The summed E-state index contributed by atoms with van der Waals surface area (Å²) in [7, 11) is 0. The Hall–Kier alpha value is -0.640. The number of benzene rings is 1. The van der Waals surface area contributed by atoms with E-state index in [0.29, 0.717) is 5.92 Å². The predicted octanol–water partition coefficient (Wildman–Crippen LogP) is 5.41. The molecule has 0 saturated carbocycles. The molecule has 0 fully saturated rings. The van der Waals surface area contributed by atoms with Gasteiger partial charge in [-0.2, -0.15) is 0 Å². The Kier molecular flexibility index (Phi) is 5.82. The first-order valence-electron chi connectivity index (χ1n) is 7.16. The fourth-order valence-corrected chi connectivity index (χ4v) is 3.68. The van der Waals surface area contributed by atoms with Crippen LogP contribution in [0.4, 0.5) is 0 Å². The van der Waals surface area contributed by atoms with E-state index in [1.165, 1.54) is 20.5 Å². The van der Waals surface area contributed by atoms with Crippen LogP contribution in [-0.4, -0.2) is 6.54 Å². The Morgan fingerprint density at radius 3 is 2.60 bits per heavy atom. The summed E-state index contributed by atoms with van der Waals surface area (Å²) in [5.74, 6) is 0.693. The maximum absolute atomic E-state index is 3.59. The number of hydrogen-bond donors (Lipinski definition) is 1. The molecule has 1 atom stereocenters. The molecule has 0 bridgehead atoms. The molecule has 1 N–H and O–H groups in total. The molecule has 1 unspecified atom stereocenters. The molecule has 0 aliphatic carbocycles. The minimum atomic E-state index is 0.287. The maximum atomic E-state index is 3.59. The van der Waals surface area contributed by atoms with Gasteiger partial charge in [0.25, 0.3) is 0 Å². The zero-order valence-corrected chi connectivity index (χ0v) is 14.7. The lowest BCUT2D eigenvalue weighted by Crippen LogP contribution is -2.21. The van der Waals surface area contributed by atoms with Crippen LogP contribution in [0.2, 0.25) is 0 Å². The van der Waals surface area contributed by atoms with Crippen molar-refractivity contribution in [2.45, 2.75) is 33.2 Å². The third-order valence-corrected chi connectivity index (χ3v) is 4.78. The SMILES string of the molecule is CCNC(c1cccc(CC(C)C)c1)c1csc(Br)c1. The standard InChI is InChI=1S/C17H22BrNS/c1-4-19-17(15-10-16(18)20-11-15)14-7-5-6-13(9-14)8-12(2)3/h5-7,9-12,17,19H,4,8H2,1-3H3. The summed E-state index contributed by atoms with van der Waals surface area (Å²) < 4.78 is 1.19. The summed E-state index contributed by atoms with van der Waals surface area (Å²) in [4.78, 5) is 0. The Labute approximate surface area is 134 Å². The molecular formula is C17H22BrNS. The lowest BCUT2D eigenvalue weighted by Gasteiger charge is -2.18. The topological polar surface area (TPSA) is 12.0 Å². The summed E-state index contributed by atoms with van der Waals surface area (Å²) in [6, 6.07) is 11.5. The van der Waals surface area contributed by atoms with E-state index in [-0.39, 0.29) is 6.04 Å². The number of rotatable bonds is 6. The average Bonchev–Trinajstić information content (AvgIpc) is 2.82. The minimum Gasteiger partial charge on any atom is -0.307 e. The highest BCUT2D eigenvalue weighted by molar-refractivity contribution is 9.11. The van der Waals surface area contributed by atoms with Crippen molar-refractivity contribution >= 4 is 27.3 Å². The zero-order chi connectivity index (χ0) is 14.5. The van der Waals surface area contributed by atoms with Crippen molar-refractivity contribution in [1.82, 2.24) is 5.32 Å². The first-order valence-corrected chi connectivity index (χ1v) is 8.83. The van der Waals surface area contributed by atoms with Gasteiger partial charge in [0.15, 0.2) is 0 Å². The molecule has 1 heterocycles. The van der Waals surface area contributed by atoms with Crippen molar-refractivity contribution in [2.75, 3.05) is 6.54 Å². The van der Waals surface area contributed by atoms with Crippen molar-refractivity contribution in [3.05, 3.63) is 56.2 Å². The molecule has 1 aromatic heterocycles. The highest BCUT2D eigenvalue weighted by Crippen LogP contribution is 2.30. The average molecular weight is 352 g/mol. The van der Waals surface area contributed by atoms with Gasteiger partial charge in [0.05, 0.1) is 9.83 Å². The Morgan fingerprint density at radius 1 is 1.20 bits per heavy atom. The number of halogens is 1. The fraction of sp³-hybridized carbons (Fsp3) is 0.412. The molecule has 3 heteroatoms. The van der Waals surface area contributed by atoms with Crippen LogP contribution in [0.25, 0.3) is 0 Å². The van der Waals surface area contributed by atoms with Crippen LogP contribution in [0.5, 0.6) is 0 Å². The van der Waals surface area contributed by atoms with Crippen LogP contribution in [0, 0.1) is 5.92 Å². The van der Waals surface area contributed by atoms with Crippen LogP contribution < -0.4 is 5.32 Å². The van der Waals surface area contributed by atoms with E-state index in [4.69, 9.17) is 0 Å². The fourth-order valence-electron chi connectivity index (χ4n) is 2.48. The smallest absolute Gasteiger partial charge is 0.0701 e. The Morgan fingerprint density at radius 2 is 2.00 bits per heavy atom. The van der Waals surface area contributed by atoms with Crippen molar-refractivity contribution in [1.29, 1.82) is 0 Å². The highest BCUT2D eigenvalue weighted by Gasteiger charge is 2.15. The summed E-state index contributed by atoms with van der Waals surface area (Å²) in [5, 5.41) is 5.82. The Balaban J connectivity index is 2.29. The van der Waals surface area contributed by atoms with Gasteiger partial charge in [-0.15, -0.1) is 11.3 Å². The lowest BCUT2D eigenvalue weighted by atomic mass is 9.96. The second-order valence-electron chi connectivity index (χ2n) is 5.52. The van der Waals surface area contributed by atoms with Crippen LogP contribution in [0.15, 0.2) is 39.5 Å². The quantitative estimate of drug-likeness (QED) is 0.733. The van der Waals surface area contributed by atoms with Gasteiger partial charge < -0.3 is 5.32 Å². The lowest BCUT2D eigenvalue weighted by molar-refractivity contribution is 0.625. The molecule has 0 amide bonds. The van der Waals surface area contributed by atoms with E-state index in [1.807, 2.05) is 0 Å². The van der Waals surface area contributed by atoms with Crippen LogP contribution in [0.3, 0.4) is 0 Å². The third-order valence-electron chi connectivity index (χ3n) is 3.26. The molecule has 0 saturated heterocycles. The molecule has 20 heavy (non-hydrogen) atoms. The van der Waals surface area contributed by atoms with E-state index in [0.717, 1.165) is 13.0 Å². The molecule has 1 aromatic carbocycles. The molecule has 0 radical (unpaired) electrons. The predicted molar refractivity (Wildman–Crippen MR) is 92.5 cm³/mol. The second kappa shape index (κ2) is 7.39. The van der Waals surface area contributed by atoms with Crippen LogP contribution >= 0.6 is 27.3 Å². The zero-order valence-electron chi connectivity index (χ0n) is 12.3. The van der Waals surface area contributed by atoms with E-state index in [1.54, 1.807) is 11.3 Å². The molecule has 2 aromatic rings. The van der Waals surface area contributed by atoms with Gasteiger partial charge in [0.2, 0.25) is 0 Å². The van der Waals surface area contributed by atoms with Gasteiger partial charge in [0.1, 0.15) is 0 Å². The maximum Gasteiger partial charge on any atom is 0.0701 e. The van der Waals surface area contributed by atoms with E-state index in [2.05, 4.69) is 77.7 Å². The van der Waals surface area contributed by atoms with Crippen molar-refractivity contribution < 1.29 is 0 Å². The Bertz CT molecular complexity index is 547. The molecule has 1 nitrogen and oxygen atoms in total. The first kappa shape index (κ1) is 15.7. The molecular weight excluding hydrogens is 330 g/mol. The number of hydrogen-bond acceptors (Lipinski definition) is 2. The van der Waals surface area contributed by atoms with Crippen molar-refractivity contribution in [3.63, 3.8) is 0 Å². The van der Waals surface area contributed by atoms with E-state index in [9.17, 15) is 0 Å². The monoisotopic (exact) mass is 351 g/mol. The van der Waals surface area contributed by atoms with Gasteiger partial charge in [-0.05, 0) is 63.0 Å². The molecule has 0 spiro atoms. The van der Waals surface area contributed by atoms with Crippen molar-refractivity contribution in [2.24, 2.45) is 5.92 Å². The van der Waals surface area contributed by atoms with Crippen molar-refractivity contribution in [3.8, 4) is 0 Å². The molecule has 0 aliphatic rings. The van der Waals surface area contributed by atoms with Gasteiger partial charge in [0, 0.05) is 0 Å². The molecule has 108 valence electrons. The van der Waals surface area contributed by atoms with Gasteiger partial charge in [-0.1, -0.05) is 45.0 Å². The largest absolute Gasteiger partial charge is 0.307 e. The molecule has 2 rings (SSSR count). The summed E-state index contributed by atoms with van der Waals surface area (Å²) in [6.07, 6.45) is 1.14. The summed E-state index contributed by atoms with van der Waals surface area (Å²) in [5.41, 5.74) is 4.12. The van der Waals surface area contributed by atoms with Crippen LogP contribution in [0.1, 0.15) is 43.5 Å². The highest BCUT2D eigenvalue weighted by atomic mass is 79.9. The summed E-state index contributed by atoms with van der Waals surface area (Å²) in [6.45, 7) is 7.66. The number of nitrogens with one attached hydrogen (secondary N) is 1. The number of thiophene rings is 1. The van der Waals surface area contributed by atoms with Crippen LogP contribution in [-0.2, 0) is 6.42 Å². The normalized spacial score (nSPS) is 12.8. The van der Waals surface area contributed by atoms with E-state index >= 15 is 0 Å². The minimum absolute atomic E-state index is 0.287.